The maximum Gasteiger partial charge on any atom is 0.261 e. The topological polar surface area (TPSA) is 50.4 Å². The van der Waals surface area contributed by atoms with Gasteiger partial charge in [0.25, 0.3) is 5.91 Å². The second-order valence-electron chi connectivity index (χ2n) is 5.42. The van der Waals surface area contributed by atoms with Crippen LogP contribution in [0.4, 0.5) is 0 Å². The number of benzene rings is 1. The van der Waals surface area contributed by atoms with E-state index in [0.717, 1.165) is 52.2 Å². The lowest BCUT2D eigenvalue weighted by Gasteiger charge is -2.23. The molecule has 0 unspecified atom stereocenters. The van der Waals surface area contributed by atoms with Crippen molar-refractivity contribution >= 4 is 39.7 Å². The number of aryl methyl sites for hydroxylation is 1. The summed E-state index contributed by atoms with van der Waals surface area (Å²) >= 11 is 1.56. The molecule has 1 aromatic heterocycles. The number of piperidine rings is 1. The molecule has 6 heteroatoms. The Balaban J connectivity index is 0.00000176. The van der Waals surface area contributed by atoms with Crippen molar-refractivity contribution < 1.29 is 9.53 Å². The van der Waals surface area contributed by atoms with E-state index < -0.39 is 0 Å². The SMILES string of the molecule is COc1ccc2sc(C(=O)NC3CCNCC3)c(C)c2c1.Cl. The van der Waals surface area contributed by atoms with E-state index in [9.17, 15) is 4.79 Å². The third-order valence-electron chi connectivity index (χ3n) is 4.02. The lowest BCUT2D eigenvalue weighted by molar-refractivity contribution is 0.0933. The Bertz CT molecular complexity index is 665. The molecule has 1 fully saturated rings. The summed E-state index contributed by atoms with van der Waals surface area (Å²) in [6.45, 7) is 3.97. The van der Waals surface area contributed by atoms with Crippen molar-refractivity contribution in [2.45, 2.75) is 25.8 Å². The van der Waals surface area contributed by atoms with Crippen molar-refractivity contribution in [3.8, 4) is 5.75 Å². The number of rotatable bonds is 3. The van der Waals surface area contributed by atoms with Gasteiger partial charge in [0.1, 0.15) is 5.75 Å². The number of fused-ring (bicyclic) bond motifs is 1. The first kappa shape index (κ1) is 17.1. The second-order valence-corrected chi connectivity index (χ2v) is 6.47. The van der Waals surface area contributed by atoms with Gasteiger partial charge in [-0.25, -0.2) is 0 Å². The minimum absolute atomic E-state index is 0. The molecule has 3 rings (SSSR count). The van der Waals surface area contributed by atoms with Gasteiger partial charge in [-0.05, 0) is 62.0 Å². The van der Waals surface area contributed by atoms with Gasteiger partial charge in [0, 0.05) is 10.7 Å². The Morgan fingerprint density at radius 3 is 2.77 bits per heavy atom. The minimum atomic E-state index is 0. The van der Waals surface area contributed by atoms with Crippen LogP contribution in [0.25, 0.3) is 10.1 Å². The molecule has 2 N–H and O–H groups in total. The fourth-order valence-electron chi connectivity index (χ4n) is 2.76. The van der Waals surface area contributed by atoms with Gasteiger partial charge in [0.2, 0.25) is 0 Å². The van der Waals surface area contributed by atoms with Gasteiger partial charge in [0.05, 0.1) is 12.0 Å². The normalized spacial score (nSPS) is 15.4. The number of ether oxygens (including phenoxy) is 1. The molecular formula is C16H21ClN2O2S. The molecule has 4 nitrogen and oxygen atoms in total. The summed E-state index contributed by atoms with van der Waals surface area (Å²) in [5.74, 6) is 0.883. The van der Waals surface area contributed by atoms with Crippen molar-refractivity contribution in [1.29, 1.82) is 0 Å². The zero-order valence-electron chi connectivity index (χ0n) is 12.8. The molecule has 0 atom stereocenters. The largest absolute Gasteiger partial charge is 0.497 e. The van der Waals surface area contributed by atoms with Gasteiger partial charge >= 0.3 is 0 Å². The standard InChI is InChI=1S/C16H20N2O2S.ClH/c1-10-13-9-12(20-2)3-4-14(13)21-15(10)16(19)18-11-5-7-17-8-6-11;/h3-4,9,11,17H,5-8H2,1-2H3,(H,18,19);1H. The van der Waals surface area contributed by atoms with E-state index in [2.05, 4.69) is 10.6 Å². The van der Waals surface area contributed by atoms with Crippen LogP contribution in [-0.4, -0.2) is 32.1 Å². The number of thiophene rings is 1. The molecule has 0 bridgehead atoms. The summed E-state index contributed by atoms with van der Waals surface area (Å²) in [5.41, 5.74) is 1.04. The van der Waals surface area contributed by atoms with Gasteiger partial charge in [-0.15, -0.1) is 23.7 Å². The highest BCUT2D eigenvalue weighted by atomic mass is 35.5. The Labute approximate surface area is 140 Å². The number of hydrogen-bond donors (Lipinski definition) is 2. The molecule has 1 aromatic carbocycles. The summed E-state index contributed by atoms with van der Waals surface area (Å²) in [4.78, 5) is 13.3. The lowest BCUT2D eigenvalue weighted by atomic mass is 10.1. The minimum Gasteiger partial charge on any atom is -0.497 e. The fourth-order valence-corrected chi connectivity index (χ4v) is 3.85. The zero-order valence-corrected chi connectivity index (χ0v) is 14.4. The Morgan fingerprint density at radius 1 is 1.36 bits per heavy atom. The number of halogens is 1. The van der Waals surface area contributed by atoms with E-state index in [0.29, 0.717) is 0 Å². The van der Waals surface area contributed by atoms with Crippen LogP contribution in [0.3, 0.4) is 0 Å². The molecule has 0 spiro atoms. The molecule has 0 radical (unpaired) electrons. The second kappa shape index (κ2) is 7.31. The third-order valence-corrected chi connectivity index (χ3v) is 5.30. The third kappa shape index (κ3) is 3.37. The monoisotopic (exact) mass is 340 g/mol. The van der Waals surface area contributed by atoms with Gasteiger partial charge in [-0.2, -0.15) is 0 Å². The van der Waals surface area contributed by atoms with Gasteiger partial charge in [-0.3, -0.25) is 4.79 Å². The van der Waals surface area contributed by atoms with E-state index in [1.54, 1.807) is 18.4 Å². The van der Waals surface area contributed by atoms with Crippen LogP contribution >= 0.6 is 23.7 Å². The van der Waals surface area contributed by atoms with Gasteiger partial charge < -0.3 is 15.4 Å². The molecule has 1 saturated heterocycles. The Kier molecular flexibility index (Phi) is 5.67. The van der Waals surface area contributed by atoms with Crippen molar-refractivity contribution in [2.75, 3.05) is 20.2 Å². The van der Waals surface area contributed by atoms with Crippen molar-refractivity contribution in [3.05, 3.63) is 28.6 Å². The number of hydrogen-bond acceptors (Lipinski definition) is 4. The number of nitrogens with one attached hydrogen (secondary N) is 2. The van der Waals surface area contributed by atoms with Crippen LogP contribution in [0.5, 0.6) is 5.75 Å². The Morgan fingerprint density at radius 2 is 2.09 bits per heavy atom. The highest BCUT2D eigenvalue weighted by molar-refractivity contribution is 7.21. The van der Waals surface area contributed by atoms with Gasteiger partial charge in [-0.1, -0.05) is 0 Å². The quantitative estimate of drug-likeness (QED) is 0.902. The van der Waals surface area contributed by atoms with Gasteiger partial charge in [0.15, 0.2) is 0 Å². The first-order valence-corrected chi connectivity index (χ1v) is 8.09. The number of methoxy groups -OCH3 is 1. The average Bonchev–Trinajstić information content (AvgIpc) is 2.85. The van der Waals surface area contributed by atoms with E-state index in [-0.39, 0.29) is 24.4 Å². The molecule has 2 heterocycles. The van der Waals surface area contributed by atoms with E-state index in [1.807, 2.05) is 25.1 Å². The molecule has 22 heavy (non-hydrogen) atoms. The maximum atomic E-state index is 12.5. The van der Waals surface area contributed by atoms with Crippen LogP contribution in [0.2, 0.25) is 0 Å². The number of carbonyl (C=O) groups excluding carboxylic acids is 1. The maximum absolute atomic E-state index is 12.5. The van der Waals surface area contributed by atoms with Crippen molar-refractivity contribution in [3.63, 3.8) is 0 Å². The molecule has 1 amide bonds. The van der Waals surface area contributed by atoms with Crippen LogP contribution in [0.15, 0.2) is 18.2 Å². The fraction of sp³-hybridized carbons (Fsp3) is 0.438. The first-order chi connectivity index (χ1) is 10.2. The molecule has 1 aliphatic rings. The lowest BCUT2D eigenvalue weighted by Crippen LogP contribution is -2.42. The van der Waals surface area contributed by atoms with E-state index >= 15 is 0 Å². The Hall–Kier alpha value is -1.30. The van der Waals surface area contributed by atoms with Crippen molar-refractivity contribution in [2.24, 2.45) is 0 Å². The predicted molar refractivity (Wildman–Crippen MR) is 93.7 cm³/mol. The zero-order chi connectivity index (χ0) is 14.8. The smallest absolute Gasteiger partial charge is 0.261 e. The first-order valence-electron chi connectivity index (χ1n) is 7.28. The molecule has 2 aromatic rings. The molecule has 1 aliphatic heterocycles. The average molecular weight is 341 g/mol. The number of amides is 1. The van der Waals surface area contributed by atoms with Crippen molar-refractivity contribution in [1.82, 2.24) is 10.6 Å². The summed E-state index contributed by atoms with van der Waals surface area (Å²) in [5, 5.41) is 7.58. The van der Waals surface area contributed by atoms with Crippen LogP contribution < -0.4 is 15.4 Å². The van der Waals surface area contributed by atoms with E-state index in [1.165, 1.54) is 0 Å². The molecule has 0 saturated carbocycles. The molecule has 0 aliphatic carbocycles. The predicted octanol–water partition coefficient (Wildman–Crippen LogP) is 3.12. The van der Waals surface area contributed by atoms with Crippen LogP contribution in [0, 0.1) is 6.92 Å². The summed E-state index contributed by atoms with van der Waals surface area (Å²) in [6.07, 6.45) is 2.01. The summed E-state index contributed by atoms with van der Waals surface area (Å²) < 4.78 is 6.39. The van der Waals surface area contributed by atoms with Crippen LogP contribution in [-0.2, 0) is 0 Å². The highest BCUT2D eigenvalue weighted by Crippen LogP contribution is 2.33. The summed E-state index contributed by atoms with van der Waals surface area (Å²) in [7, 11) is 1.66. The highest BCUT2D eigenvalue weighted by Gasteiger charge is 2.20. The van der Waals surface area contributed by atoms with Crippen LogP contribution in [0.1, 0.15) is 28.1 Å². The van der Waals surface area contributed by atoms with E-state index in [4.69, 9.17) is 4.74 Å². The molecular weight excluding hydrogens is 320 g/mol. The molecule has 120 valence electrons. The number of carbonyl (C=O) groups is 1. The summed E-state index contributed by atoms with van der Waals surface area (Å²) in [6, 6.07) is 6.25.